The van der Waals surface area contributed by atoms with Gasteiger partial charge in [-0.2, -0.15) is 5.26 Å². The monoisotopic (exact) mass is 545 g/mol. The number of hydrogen-bond donors (Lipinski definition) is 3. The number of rotatable bonds is 8. The summed E-state index contributed by atoms with van der Waals surface area (Å²) in [6.45, 7) is 0.329. The minimum Gasteiger partial charge on any atom is -0.481 e. The molecule has 206 valence electrons. The number of ether oxygens (including phenoxy) is 1. The van der Waals surface area contributed by atoms with Crippen LogP contribution in [-0.4, -0.2) is 32.7 Å². The number of fused-ring (bicyclic) bond motifs is 2. The van der Waals surface area contributed by atoms with E-state index in [9.17, 15) is 29.1 Å². The van der Waals surface area contributed by atoms with E-state index in [1.165, 1.54) is 28.8 Å². The van der Waals surface area contributed by atoms with Gasteiger partial charge in [0.2, 0.25) is 5.75 Å². The fourth-order valence-electron chi connectivity index (χ4n) is 5.52. The van der Waals surface area contributed by atoms with E-state index in [0.29, 0.717) is 37.8 Å². The Bertz CT molecular complexity index is 1510. The highest BCUT2D eigenvalue weighted by molar-refractivity contribution is 5.95. The molecular weight excluding hydrogens is 517 g/mol. The van der Waals surface area contributed by atoms with Crippen molar-refractivity contribution >= 4 is 12.0 Å². The van der Waals surface area contributed by atoms with Crippen molar-refractivity contribution in [1.82, 2.24) is 20.2 Å². The van der Waals surface area contributed by atoms with Gasteiger partial charge in [-0.15, -0.1) is 0 Å². The van der Waals surface area contributed by atoms with Gasteiger partial charge in [0.15, 0.2) is 5.69 Å². The van der Waals surface area contributed by atoms with Crippen molar-refractivity contribution in [3.8, 4) is 11.8 Å². The van der Waals surface area contributed by atoms with Crippen molar-refractivity contribution in [3.05, 3.63) is 93.4 Å². The van der Waals surface area contributed by atoms with E-state index in [0.717, 1.165) is 5.56 Å². The molecule has 3 N–H and O–H groups in total. The van der Waals surface area contributed by atoms with E-state index >= 15 is 0 Å². The maximum absolute atomic E-state index is 13.9. The van der Waals surface area contributed by atoms with Gasteiger partial charge >= 0.3 is 6.09 Å². The third-order valence-electron chi connectivity index (χ3n) is 7.56. The first kappa shape index (κ1) is 26.9. The summed E-state index contributed by atoms with van der Waals surface area (Å²) in [6.07, 6.45) is 1.11. The van der Waals surface area contributed by atoms with Crippen LogP contribution in [-0.2, 0) is 25.1 Å². The van der Waals surface area contributed by atoms with Gasteiger partial charge in [0.25, 0.3) is 11.5 Å². The number of hydrogen-bond acceptors (Lipinski definition) is 6. The molecule has 1 aliphatic carbocycles. The van der Waals surface area contributed by atoms with Crippen LogP contribution in [0.3, 0.4) is 0 Å². The minimum absolute atomic E-state index is 0.00338. The summed E-state index contributed by atoms with van der Waals surface area (Å²) in [4.78, 5) is 43.9. The van der Waals surface area contributed by atoms with Crippen molar-refractivity contribution in [3.63, 3.8) is 0 Å². The molecule has 2 bridgehead atoms. The summed E-state index contributed by atoms with van der Waals surface area (Å²) in [6, 6.07) is 15.7. The number of carbonyl (C=O) groups excluding carboxylic acids is 1. The van der Waals surface area contributed by atoms with Crippen LogP contribution < -0.4 is 20.9 Å². The van der Waals surface area contributed by atoms with Crippen LogP contribution in [0.2, 0.25) is 0 Å². The Morgan fingerprint density at radius 2 is 1.85 bits per heavy atom. The molecule has 1 fully saturated rings. The first-order valence-corrected chi connectivity index (χ1v) is 13.1. The van der Waals surface area contributed by atoms with Crippen molar-refractivity contribution in [1.29, 1.82) is 5.26 Å². The molecule has 11 heteroatoms. The molecule has 6 rings (SSSR count). The molecule has 0 saturated heterocycles. The third-order valence-corrected chi connectivity index (χ3v) is 7.56. The number of nitriles is 1. The van der Waals surface area contributed by atoms with Crippen LogP contribution in [0.5, 0.6) is 5.75 Å². The molecule has 2 amide bonds. The number of nitrogens with zero attached hydrogens (tertiary/aromatic N) is 3. The molecule has 0 radical (unpaired) electrons. The summed E-state index contributed by atoms with van der Waals surface area (Å²) in [5, 5.41) is 24.6. The number of benzene rings is 2. The fraction of sp³-hybridized carbons (Fsp3) is 0.345. The highest BCUT2D eigenvalue weighted by Crippen LogP contribution is 2.43. The normalized spacial score (nSPS) is 19.9. The number of halogens is 1. The Hall–Kier alpha value is -4.72. The second-order valence-corrected chi connectivity index (χ2v) is 10.2. The number of carbonyl (C=O) groups is 2. The molecule has 1 unspecified atom stereocenters. The van der Waals surface area contributed by atoms with Gasteiger partial charge in [0, 0.05) is 13.0 Å². The van der Waals surface area contributed by atoms with E-state index < -0.39 is 35.0 Å². The van der Waals surface area contributed by atoms with Crippen molar-refractivity contribution in [2.24, 2.45) is 5.92 Å². The van der Waals surface area contributed by atoms with Gasteiger partial charge < -0.3 is 20.5 Å². The molecule has 0 spiro atoms. The lowest BCUT2D eigenvalue weighted by Crippen LogP contribution is -2.49. The summed E-state index contributed by atoms with van der Waals surface area (Å²) >= 11 is 0. The van der Waals surface area contributed by atoms with Gasteiger partial charge in [-0.1, -0.05) is 42.5 Å². The highest BCUT2D eigenvalue weighted by atomic mass is 19.1. The minimum atomic E-state index is -1.25. The Kier molecular flexibility index (Phi) is 7.51. The average molecular weight is 546 g/mol. The molecule has 2 aromatic carbocycles. The topological polar surface area (TPSA) is 146 Å². The summed E-state index contributed by atoms with van der Waals surface area (Å²) in [7, 11) is 0. The summed E-state index contributed by atoms with van der Waals surface area (Å²) in [5.74, 6) is -1.17. The number of amides is 2. The maximum Gasteiger partial charge on any atom is 0.405 e. The predicted octanol–water partition coefficient (Wildman–Crippen LogP) is 3.49. The average Bonchev–Trinajstić information content (AvgIpc) is 3.19. The van der Waals surface area contributed by atoms with Crippen LogP contribution >= 0.6 is 0 Å². The Balaban J connectivity index is 1.55. The molecule has 1 aromatic heterocycles. The first-order chi connectivity index (χ1) is 19.3. The first-order valence-electron chi connectivity index (χ1n) is 13.1. The number of nitrogens with one attached hydrogen (secondary N) is 2. The van der Waals surface area contributed by atoms with Crippen LogP contribution in [0, 0.1) is 23.1 Å². The lowest BCUT2D eigenvalue weighted by molar-refractivity contribution is 0.0933. The van der Waals surface area contributed by atoms with E-state index in [1.807, 2.05) is 36.4 Å². The van der Waals surface area contributed by atoms with E-state index in [2.05, 4.69) is 15.6 Å². The highest BCUT2D eigenvalue weighted by Gasteiger charge is 2.46. The molecule has 1 saturated carbocycles. The van der Waals surface area contributed by atoms with Crippen molar-refractivity contribution in [2.45, 2.75) is 56.8 Å². The predicted molar refractivity (Wildman–Crippen MR) is 141 cm³/mol. The van der Waals surface area contributed by atoms with Gasteiger partial charge in [0.1, 0.15) is 29.8 Å². The van der Waals surface area contributed by atoms with Gasteiger partial charge in [-0.05, 0) is 54.9 Å². The smallest absolute Gasteiger partial charge is 0.405 e. The molecule has 2 aliphatic heterocycles. The van der Waals surface area contributed by atoms with Crippen LogP contribution in [0.15, 0.2) is 59.4 Å². The molecule has 1 atom stereocenters. The number of carboxylic acid groups (broad SMARTS) is 1. The second kappa shape index (κ2) is 11.2. The molecular formula is C29H28FN5O5. The van der Waals surface area contributed by atoms with Gasteiger partial charge in [-0.25, -0.2) is 14.2 Å². The maximum atomic E-state index is 13.9. The van der Waals surface area contributed by atoms with Crippen LogP contribution in [0.25, 0.3) is 0 Å². The van der Waals surface area contributed by atoms with E-state index in [1.54, 1.807) is 0 Å². The van der Waals surface area contributed by atoms with Crippen LogP contribution in [0.4, 0.5) is 9.18 Å². The largest absolute Gasteiger partial charge is 0.481 e. The van der Waals surface area contributed by atoms with Crippen molar-refractivity contribution < 1.29 is 23.8 Å². The van der Waals surface area contributed by atoms with E-state index in [-0.39, 0.29) is 36.2 Å². The zero-order valence-corrected chi connectivity index (χ0v) is 21.6. The fourth-order valence-corrected chi connectivity index (χ4v) is 5.52. The lowest BCUT2D eigenvalue weighted by Gasteiger charge is -2.36. The van der Waals surface area contributed by atoms with Crippen molar-refractivity contribution in [2.75, 3.05) is 0 Å². The molecule has 3 heterocycles. The second-order valence-electron chi connectivity index (χ2n) is 10.2. The Morgan fingerprint density at radius 3 is 2.50 bits per heavy atom. The van der Waals surface area contributed by atoms with Crippen LogP contribution in [0.1, 0.15) is 53.1 Å². The number of aromatic nitrogens is 2. The third kappa shape index (κ3) is 5.52. The molecule has 3 aromatic rings. The van der Waals surface area contributed by atoms with Gasteiger partial charge in [0.05, 0.1) is 6.07 Å². The molecule has 3 aliphatic rings. The van der Waals surface area contributed by atoms with Gasteiger partial charge in [-0.3, -0.25) is 14.2 Å². The zero-order valence-electron chi connectivity index (χ0n) is 21.6. The SMILES string of the molecule is N#CC(Cc1ccc(F)cc1)NC(=O)c1nc2n(c(=O)c1OCc1ccccc1)CC1CCC2(NC(=O)O)CC1. The molecule has 40 heavy (non-hydrogen) atoms. The summed E-state index contributed by atoms with van der Waals surface area (Å²) in [5.41, 5.74) is -0.630. The molecule has 10 nitrogen and oxygen atoms in total. The Morgan fingerprint density at radius 1 is 1.15 bits per heavy atom. The Labute approximate surface area is 229 Å². The quantitative estimate of drug-likeness (QED) is 0.393. The standard InChI is InChI=1S/C29H28FN5O5/c30-21-8-6-18(7-9-21)14-22(15-31)32-25(36)23-24(40-17-20-4-2-1-3-5-20)26(37)35-16-19-10-12-29(13-11-19,27(35)33-23)34-28(38)39/h1-9,19,22,34H,10-14,16-17H2,(H,32,36)(H,38,39). The lowest BCUT2D eigenvalue weighted by atomic mass is 9.77. The summed E-state index contributed by atoms with van der Waals surface area (Å²) < 4.78 is 20.7. The van der Waals surface area contributed by atoms with E-state index in [4.69, 9.17) is 4.74 Å². The zero-order chi connectivity index (χ0) is 28.3.